The van der Waals surface area contributed by atoms with E-state index >= 15 is 0 Å². The van der Waals surface area contributed by atoms with E-state index in [9.17, 15) is 9.59 Å². The molecule has 1 amide bonds. The van der Waals surface area contributed by atoms with Crippen LogP contribution in [0.5, 0.6) is 0 Å². The van der Waals surface area contributed by atoms with Gasteiger partial charge >= 0.3 is 5.97 Å². The quantitative estimate of drug-likeness (QED) is 0.904. The highest BCUT2D eigenvalue weighted by atomic mass is 79.9. The third kappa shape index (κ3) is 4.67. The normalized spacial score (nSPS) is 10.6. The highest BCUT2D eigenvalue weighted by Gasteiger charge is 2.21. The first-order valence-corrected chi connectivity index (χ1v) is 6.87. The Hall–Kier alpha value is -1.36. The van der Waals surface area contributed by atoms with Crippen LogP contribution in [0.25, 0.3) is 0 Å². The van der Waals surface area contributed by atoms with Crippen LogP contribution in [0.15, 0.2) is 22.7 Å². The summed E-state index contributed by atoms with van der Waals surface area (Å²) in [6, 6.07) is 5.46. The molecule has 0 saturated heterocycles. The average Bonchev–Trinajstić information content (AvgIpc) is 2.29. The largest absolute Gasteiger partial charge is 0.480 e. The number of carboxylic acid groups (broad SMARTS) is 1. The molecule has 1 aromatic rings. The van der Waals surface area contributed by atoms with Gasteiger partial charge in [-0.2, -0.15) is 0 Å². The minimum atomic E-state index is -1.00. The summed E-state index contributed by atoms with van der Waals surface area (Å²) in [4.78, 5) is 24.7. The van der Waals surface area contributed by atoms with Crippen molar-refractivity contribution in [1.82, 2.24) is 4.90 Å². The van der Waals surface area contributed by atoms with Gasteiger partial charge in [0.25, 0.3) is 5.91 Å². The zero-order valence-electron chi connectivity index (χ0n) is 11.3. The van der Waals surface area contributed by atoms with Gasteiger partial charge in [-0.3, -0.25) is 9.59 Å². The Kier molecular flexibility index (Phi) is 5.54. The number of hydrogen-bond donors (Lipinski definition) is 1. The van der Waals surface area contributed by atoms with Gasteiger partial charge in [-0.1, -0.05) is 25.5 Å². The number of carbonyl (C=O) groups is 2. The molecule has 0 aliphatic rings. The van der Waals surface area contributed by atoms with Gasteiger partial charge in [-0.05, 0) is 40.9 Å². The number of nitrogens with zero attached hydrogens (tertiary/aromatic N) is 1. The molecular formula is C14H18BrNO3. The van der Waals surface area contributed by atoms with Crippen LogP contribution < -0.4 is 0 Å². The Morgan fingerprint density at radius 3 is 2.53 bits per heavy atom. The van der Waals surface area contributed by atoms with Crippen LogP contribution in [-0.4, -0.2) is 35.0 Å². The van der Waals surface area contributed by atoms with Crippen LogP contribution in [0.2, 0.25) is 0 Å². The van der Waals surface area contributed by atoms with E-state index < -0.39 is 5.97 Å². The maximum absolute atomic E-state index is 12.4. The first kappa shape index (κ1) is 15.7. The molecule has 1 rings (SSSR count). The Balaban J connectivity index is 3.03. The molecule has 0 atom stereocenters. The minimum absolute atomic E-state index is 0.215. The van der Waals surface area contributed by atoms with Crippen molar-refractivity contribution >= 4 is 27.8 Å². The molecule has 1 N–H and O–H groups in total. The van der Waals surface area contributed by atoms with Gasteiger partial charge < -0.3 is 10.0 Å². The summed E-state index contributed by atoms with van der Waals surface area (Å²) in [5.41, 5.74) is 1.47. The molecule has 0 radical (unpaired) electrons. The van der Waals surface area contributed by atoms with Crippen molar-refractivity contribution in [2.45, 2.75) is 20.8 Å². The summed E-state index contributed by atoms with van der Waals surface area (Å²) in [7, 11) is 0. The van der Waals surface area contributed by atoms with E-state index in [1.54, 1.807) is 12.1 Å². The molecule has 0 heterocycles. The van der Waals surface area contributed by atoms with Gasteiger partial charge in [-0.25, -0.2) is 0 Å². The van der Waals surface area contributed by atoms with Crippen molar-refractivity contribution in [2.75, 3.05) is 13.1 Å². The second-order valence-corrected chi connectivity index (χ2v) is 5.81. The smallest absolute Gasteiger partial charge is 0.323 e. The monoisotopic (exact) mass is 327 g/mol. The third-order valence-corrected chi connectivity index (χ3v) is 3.24. The van der Waals surface area contributed by atoms with E-state index in [2.05, 4.69) is 15.9 Å². The standard InChI is InChI=1S/C14H18BrNO3/c1-9(2)7-16(8-13(17)18)14(19)11-6-10(3)4-5-12(11)15/h4-6,9H,7-8H2,1-3H3,(H,17,18). The molecular weight excluding hydrogens is 310 g/mol. The summed E-state index contributed by atoms with van der Waals surface area (Å²) < 4.78 is 0.683. The zero-order valence-corrected chi connectivity index (χ0v) is 12.9. The molecule has 0 aliphatic carbocycles. The van der Waals surface area contributed by atoms with Gasteiger partial charge in [0.2, 0.25) is 0 Å². The van der Waals surface area contributed by atoms with Crippen molar-refractivity contribution in [3.05, 3.63) is 33.8 Å². The van der Waals surface area contributed by atoms with Crippen molar-refractivity contribution in [2.24, 2.45) is 5.92 Å². The van der Waals surface area contributed by atoms with Crippen molar-refractivity contribution in [3.63, 3.8) is 0 Å². The molecule has 0 fully saturated rings. The van der Waals surface area contributed by atoms with Crippen LogP contribution in [-0.2, 0) is 4.79 Å². The van der Waals surface area contributed by atoms with Crippen LogP contribution in [0, 0.1) is 12.8 Å². The van der Waals surface area contributed by atoms with E-state index in [0.717, 1.165) is 5.56 Å². The fourth-order valence-corrected chi connectivity index (χ4v) is 2.21. The molecule has 104 valence electrons. The van der Waals surface area contributed by atoms with Gasteiger partial charge in [0, 0.05) is 11.0 Å². The van der Waals surface area contributed by atoms with Gasteiger partial charge in [-0.15, -0.1) is 0 Å². The van der Waals surface area contributed by atoms with E-state index in [1.807, 2.05) is 26.8 Å². The number of hydrogen-bond acceptors (Lipinski definition) is 2. The zero-order chi connectivity index (χ0) is 14.6. The first-order chi connectivity index (χ1) is 8.81. The topological polar surface area (TPSA) is 57.6 Å². The highest BCUT2D eigenvalue weighted by Crippen LogP contribution is 2.20. The number of carboxylic acids is 1. The summed E-state index contributed by atoms with van der Waals surface area (Å²) in [5, 5.41) is 8.91. The summed E-state index contributed by atoms with van der Waals surface area (Å²) >= 11 is 3.34. The number of carbonyl (C=O) groups excluding carboxylic acids is 1. The SMILES string of the molecule is Cc1ccc(Br)c(C(=O)N(CC(=O)O)CC(C)C)c1. The van der Waals surface area contributed by atoms with Crippen molar-refractivity contribution in [1.29, 1.82) is 0 Å². The minimum Gasteiger partial charge on any atom is -0.480 e. The van der Waals surface area contributed by atoms with Gasteiger partial charge in [0.05, 0.1) is 5.56 Å². The Bertz CT molecular complexity index is 486. The highest BCUT2D eigenvalue weighted by molar-refractivity contribution is 9.10. The maximum Gasteiger partial charge on any atom is 0.323 e. The molecule has 1 aromatic carbocycles. The van der Waals surface area contributed by atoms with Crippen LogP contribution in [0.1, 0.15) is 29.8 Å². The molecule has 5 heteroatoms. The summed E-state index contributed by atoms with van der Waals surface area (Å²) in [6.45, 7) is 5.94. The van der Waals surface area contributed by atoms with Crippen molar-refractivity contribution in [3.8, 4) is 0 Å². The van der Waals surface area contributed by atoms with Gasteiger partial charge in [0.15, 0.2) is 0 Å². The summed E-state index contributed by atoms with van der Waals surface area (Å²) in [6.07, 6.45) is 0. The fourth-order valence-electron chi connectivity index (χ4n) is 1.80. The number of rotatable bonds is 5. The molecule has 0 bridgehead atoms. The lowest BCUT2D eigenvalue weighted by Gasteiger charge is -2.23. The second-order valence-electron chi connectivity index (χ2n) is 4.96. The average molecular weight is 328 g/mol. The lowest BCUT2D eigenvalue weighted by atomic mass is 10.1. The molecule has 19 heavy (non-hydrogen) atoms. The lowest BCUT2D eigenvalue weighted by Crippen LogP contribution is -2.38. The molecule has 0 aliphatic heterocycles. The van der Waals surface area contributed by atoms with E-state index in [0.29, 0.717) is 16.6 Å². The van der Waals surface area contributed by atoms with E-state index in [4.69, 9.17) is 5.11 Å². The van der Waals surface area contributed by atoms with Crippen LogP contribution in [0.3, 0.4) is 0 Å². The number of amides is 1. The molecule has 0 spiro atoms. The molecule has 0 saturated carbocycles. The second kappa shape index (κ2) is 6.70. The number of aliphatic carboxylic acids is 1. The molecule has 0 unspecified atom stereocenters. The maximum atomic E-state index is 12.4. The molecule has 0 aromatic heterocycles. The number of halogens is 1. The lowest BCUT2D eigenvalue weighted by molar-refractivity contribution is -0.137. The predicted octanol–water partition coefficient (Wildman–Crippen LogP) is 2.94. The van der Waals surface area contributed by atoms with Crippen LogP contribution in [0.4, 0.5) is 0 Å². The van der Waals surface area contributed by atoms with E-state index in [1.165, 1.54) is 4.90 Å². The van der Waals surface area contributed by atoms with Crippen LogP contribution >= 0.6 is 15.9 Å². The fraction of sp³-hybridized carbons (Fsp3) is 0.429. The summed E-state index contributed by atoms with van der Waals surface area (Å²) in [5.74, 6) is -1.05. The third-order valence-electron chi connectivity index (χ3n) is 2.55. The van der Waals surface area contributed by atoms with E-state index in [-0.39, 0.29) is 18.4 Å². The first-order valence-electron chi connectivity index (χ1n) is 6.08. The predicted molar refractivity (Wildman–Crippen MR) is 77.3 cm³/mol. The van der Waals surface area contributed by atoms with Crippen molar-refractivity contribution < 1.29 is 14.7 Å². The Morgan fingerprint density at radius 1 is 1.37 bits per heavy atom. The number of benzene rings is 1. The number of aryl methyl sites for hydroxylation is 1. The molecule has 4 nitrogen and oxygen atoms in total. The Morgan fingerprint density at radius 2 is 2.00 bits per heavy atom. The Labute approximate surface area is 121 Å². The van der Waals surface area contributed by atoms with Gasteiger partial charge in [0.1, 0.15) is 6.54 Å².